The molecule has 0 aliphatic heterocycles. The van der Waals surface area contributed by atoms with Crippen LogP contribution in [0.3, 0.4) is 0 Å². The second kappa shape index (κ2) is 11.0. The van der Waals surface area contributed by atoms with E-state index in [1.165, 1.54) is 38.4 Å². The number of rotatable bonds is 8. The van der Waals surface area contributed by atoms with Gasteiger partial charge in [0.1, 0.15) is 12.4 Å². The van der Waals surface area contributed by atoms with Crippen LogP contribution >= 0.6 is 0 Å². The van der Waals surface area contributed by atoms with Crippen LogP contribution < -0.4 is 29.8 Å². The van der Waals surface area contributed by atoms with Gasteiger partial charge in [-0.15, -0.1) is 0 Å². The number of benzene rings is 2. The fourth-order valence-corrected chi connectivity index (χ4v) is 2.91. The highest BCUT2D eigenvalue weighted by molar-refractivity contribution is 5.96. The molecule has 31 heavy (non-hydrogen) atoms. The highest BCUT2D eigenvalue weighted by atomic mass is 16.5. The van der Waals surface area contributed by atoms with Crippen molar-refractivity contribution < 1.29 is 28.5 Å². The van der Waals surface area contributed by atoms with E-state index in [2.05, 4.69) is 16.9 Å². The summed E-state index contributed by atoms with van der Waals surface area (Å²) in [4.78, 5) is 26.1. The molecule has 0 radical (unpaired) electrons. The number of nitrogens with zero attached hydrogens (tertiary/aromatic N) is 1. The molecular formula is C22H29N3O6. The van der Waals surface area contributed by atoms with E-state index in [9.17, 15) is 9.59 Å². The molecule has 2 aromatic carbocycles. The van der Waals surface area contributed by atoms with Gasteiger partial charge >= 0.3 is 6.03 Å². The van der Waals surface area contributed by atoms with Crippen molar-refractivity contribution in [3.8, 4) is 23.0 Å². The average molecular weight is 431 g/mol. The summed E-state index contributed by atoms with van der Waals surface area (Å²) in [6, 6.07) is 8.43. The summed E-state index contributed by atoms with van der Waals surface area (Å²) in [6.45, 7) is 4.64. The zero-order chi connectivity index (χ0) is 23.0. The van der Waals surface area contributed by atoms with Gasteiger partial charge in [-0.05, 0) is 49.2 Å². The van der Waals surface area contributed by atoms with Crippen LogP contribution in [0.4, 0.5) is 4.79 Å². The lowest BCUT2D eigenvalue weighted by molar-refractivity contribution is 0.0930. The molecule has 2 aromatic rings. The van der Waals surface area contributed by atoms with Crippen molar-refractivity contribution in [2.24, 2.45) is 0 Å². The molecule has 9 heteroatoms. The smallest absolute Gasteiger partial charge is 0.335 e. The number of carbonyl (C=O) groups is 2. The zero-order valence-electron chi connectivity index (χ0n) is 18.7. The molecule has 168 valence electrons. The number of urea groups is 1. The Morgan fingerprint density at radius 3 is 1.97 bits per heavy atom. The number of carbonyl (C=O) groups excluding carboxylic acids is 2. The zero-order valence-corrected chi connectivity index (χ0v) is 18.7. The van der Waals surface area contributed by atoms with Crippen LogP contribution in [0.15, 0.2) is 30.3 Å². The standard InChI is InChI=1S/C22H29N3O6/c1-14-9-15(2)11-17(10-14)31-8-7-25(3)22(27)24-23-21(26)16-12-18(28-4)20(30-6)19(13-16)29-5/h9-13H,7-8H2,1-6H3,(H,23,26)(H,24,27). The van der Waals surface area contributed by atoms with Crippen LogP contribution in [0, 0.1) is 13.8 Å². The lowest BCUT2D eigenvalue weighted by atomic mass is 10.1. The molecule has 0 unspecified atom stereocenters. The predicted octanol–water partition coefficient (Wildman–Crippen LogP) is 2.69. The van der Waals surface area contributed by atoms with Gasteiger partial charge in [0, 0.05) is 12.6 Å². The molecule has 0 atom stereocenters. The van der Waals surface area contributed by atoms with E-state index in [1.54, 1.807) is 7.05 Å². The Morgan fingerprint density at radius 2 is 1.45 bits per heavy atom. The Labute approximate surface area is 182 Å². The van der Waals surface area contributed by atoms with E-state index in [-0.39, 0.29) is 5.56 Å². The van der Waals surface area contributed by atoms with Gasteiger partial charge in [-0.1, -0.05) is 6.07 Å². The van der Waals surface area contributed by atoms with E-state index in [1.807, 2.05) is 26.0 Å². The largest absolute Gasteiger partial charge is 0.493 e. The Balaban J connectivity index is 1.89. The van der Waals surface area contributed by atoms with Crippen molar-refractivity contribution in [2.75, 3.05) is 41.5 Å². The van der Waals surface area contributed by atoms with Crippen molar-refractivity contribution in [1.29, 1.82) is 0 Å². The van der Waals surface area contributed by atoms with Gasteiger partial charge in [-0.2, -0.15) is 0 Å². The van der Waals surface area contributed by atoms with Crippen molar-refractivity contribution in [3.63, 3.8) is 0 Å². The summed E-state index contributed by atoms with van der Waals surface area (Å²) in [5.74, 6) is 1.25. The SMILES string of the molecule is COc1cc(C(=O)NNC(=O)N(C)CCOc2cc(C)cc(C)c2)cc(OC)c1OC. The second-order valence-electron chi connectivity index (χ2n) is 6.89. The number of aryl methyl sites for hydroxylation is 2. The summed E-state index contributed by atoms with van der Waals surface area (Å²) >= 11 is 0. The molecule has 0 saturated carbocycles. The number of ether oxygens (including phenoxy) is 4. The maximum atomic E-state index is 12.4. The predicted molar refractivity (Wildman–Crippen MR) is 116 cm³/mol. The first kappa shape index (κ1) is 23.7. The number of likely N-dealkylation sites (N-methyl/N-ethyl adjacent to an activating group) is 1. The summed E-state index contributed by atoms with van der Waals surface area (Å²) in [5, 5.41) is 0. The Bertz CT molecular complexity index is 886. The van der Waals surface area contributed by atoms with E-state index >= 15 is 0 Å². The first-order valence-electron chi connectivity index (χ1n) is 9.61. The van der Waals surface area contributed by atoms with E-state index in [0.717, 1.165) is 16.9 Å². The van der Waals surface area contributed by atoms with Gasteiger partial charge in [0.2, 0.25) is 5.75 Å². The number of hydrogen-bond acceptors (Lipinski definition) is 6. The van der Waals surface area contributed by atoms with Crippen LogP contribution in [0.1, 0.15) is 21.5 Å². The minimum absolute atomic E-state index is 0.232. The van der Waals surface area contributed by atoms with Crippen molar-refractivity contribution in [2.45, 2.75) is 13.8 Å². The maximum Gasteiger partial charge on any atom is 0.335 e. The van der Waals surface area contributed by atoms with Crippen molar-refractivity contribution in [3.05, 3.63) is 47.0 Å². The Morgan fingerprint density at radius 1 is 0.871 bits per heavy atom. The number of hydrazine groups is 1. The molecule has 9 nitrogen and oxygen atoms in total. The fraction of sp³-hybridized carbons (Fsp3) is 0.364. The normalized spacial score (nSPS) is 10.1. The van der Waals surface area contributed by atoms with E-state index in [0.29, 0.717) is 30.4 Å². The van der Waals surface area contributed by atoms with Crippen molar-refractivity contribution in [1.82, 2.24) is 15.8 Å². The van der Waals surface area contributed by atoms with Crippen LogP contribution in [-0.2, 0) is 0 Å². The van der Waals surface area contributed by atoms with Crippen molar-refractivity contribution >= 4 is 11.9 Å². The molecule has 2 N–H and O–H groups in total. The molecule has 3 amide bonds. The van der Waals surface area contributed by atoms with Gasteiger partial charge in [0.15, 0.2) is 11.5 Å². The van der Waals surface area contributed by atoms with E-state index < -0.39 is 11.9 Å². The summed E-state index contributed by atoms with van der Waals surface area (Å²) in [7, 11) is 5.98. The second-order valence-corrected chi connectivity index (χ2v) is 6.89. The maximum absolute atomic E-state index is 12.4. The van der Waals surface area contributed by atoms with Crippen LogP contribution in [0.25, 0.3) is 0 Å². The van der Waals surface area contributed by atoms with Crippen LogP contribution in [0.2, 0.25) is 0 Å². The lowest BCUT2D eigenvalue weighted by Gasteiger charge is -2.19. The molecule has 0 aliphatic rings. The Hall–Kier alpha value is -3.62. The molecule has 0 aromatic heterocycles. The number of methoxy groups -OCH3 is 3. The minimum atomic E-state index is -0.535. The molecule has 2 rings (SSSR count). The highest BCUT2D eigenvalue weighted by Gasteiger charge is 2.18. The average Bonchev–Trinajstić information content (AvgIpc) is 2.75. The third kappa shape index (κ3) is 6.43. The minimum Gasteiger partial charge on any atom is -0.493 e. The van der Waals surface area contributed by atoms with E-state index in [4.69, 9.17) is 18.9 Å². The summed E-state index contributed by atoms with van der Waals surface area (Å²) in [6.07, 6.45) is 0. The van der Waals surface area contributed by atoms with Crippen LogP contribution in [-0.4, -0.2) is 58.4 Å². The highest BCUT2D eigenvalue weighted by Crippen LogP contribution is 2.38. The van der Waals surface area contributed by atoms with Crippen LogP contribution in [0.5, 0.6) is 23.0 Å². The fourth-order valence-electron chi connectivity index (χ4n) is 2.91. The first-order chi connectivity index (χ1) is 14.8. The summed E-state index contributed by atoms with van der Waals surface area (Å²) in [5.41, 5.74) is 7.19. The number of amides is 3. The number of hydrogen-bond donors (Lipinski definition) is 2. The van der Waals surface area contributed by atoms with Gasteiger partial charge in [-0.25, -0.2) is 10.2 Å². The lowest BCUT2D eigenvalue weighted by Crippen LogP contribution is -2.48. The third-order valence-corrected chi connectivity index (χ3v) is 4.45. The molecule has 0 heterocycles. The molecular weight excluding hydrogens is 402 g/mol. The van der Waals surface area contributed by atoms with Gasteiger partial charge in [-0.3, -0.25) is 10.2 Å². The number of nitrogens with one attached hydrogen (secondary N) is 2. The molecule has 0 aliphatic carbocycles. The quantitative estimate of drug-likeness (QED) is 0.624. The topological polar surface area (TPSA) is 98.4 Å². The molecule has 0 bridgehead atoms. The van der Waals surface area contributed by atoms with Gasteiger partial charge in [0.25, 0.3) is 5.91 Å². The van der Waals surface area contributed by atoms with Gasteiger partial charge in [0.05, 0.1) is 27.9 Å². The Kier molecular flexibility index (Phi) is 8.36. The molecule has 0 saturated heterocycles. The molecule has 0 fully saturated rings. The molecule has 0 spiro atoms. The summed E-state index contributed by atoms with van der Waals surface area (Å²) < 4.78 is 21.4. The first-order valence-corrected chi connectivity index (χ1v) is 9.61. The third-order valence-electron chi connectivity index (χ3n) is 4.45. The van der Waals surface area contributed by atoms with Gasteiger partial charge < -0.3 is 23.8 Å². The monoisotopic (exact) mass is 431 g/mol.